The summed E-state index contributed by atoms with van der Waals surface area (Å²) >= 11 is 5.66. The first kappa shape index (κ1) is 13.0. The van der Waals surface area contributed by atoms with Crippen molar-refractivity contribution in [1.82, 2.24) is 10.2 Å². The Kier molecular flexibility index (Phi) is 3.62. The van der Waals surface area contributed by atoms with Gasteiger partial charge in [0.05, 0.1) is 0 Å². The summed E-state index contributed by atoms with van der Waals surface area (Å²) < 4.78 is 41.4. The molecule has 1 atom stereocenters. The van der Waals surface area contributed by atoms with E-state index >= 15 is 0 Å². The number of alkyl halides is 3. The molecule has 3 nitrogen and oxygen atoms in total. The lowest BCUT2D eigenvalue weighted by atomic mass is 10.2. The number of aromatic nitrogens is 2. The molecule has 0 aromatic carbocycles. The Morgan fingerprint density at radius 2 is 1.75 bits per heavy atom. The first-order valence-corrected chi connectivity index (χ1v) is 4.84. The van der Waals surface area contributed by atoms with E-state index in [1.54, 1.807) is 13.8 Å². The topological polar surface area (TPSA) is 35.0 Å². The van der Waals surface area contributed by atoms with Crippen molar-refractivity contribution in [1.29, 1.82) is 0 Å². The SMILES string of the molecule is Cc1c(Cl)nnc(OC(C)C(F)(F)F)c1C. The fraction of sp³-hybridized carbons (Fsp3) is 0.556. The number of rotatable bonds is 2. The van der Waals surface area contributed by atoms with E-state index in [-0.39, 0.29) is 11.0 Å². The Bertz CT molecular complexity index is 395. The van der Waals surface area contributed by atoms with Crippen molar-refractivity contribution < 1.29 is 17.9 Å². The standard InChI is InChI=1S/C9H10ClF3N2O/c1-4-5(2)8(15-14-7(4)10)16-6(3)9(11,12)13/h6H,1-3H3. The highest BCUT2D eigenvalue weighted by Crippen LogP contribution is 2.27. The Labute approximate surface area is 95.6 Å². The monoisotopic (exact) mass is 254 g/mol. The maximum atomic E-state index is 12.2. The van der Waals surface area contributed by atoms with Crippen LogP contribution in [0.3, 0.4) is 0 Å². The lowest BCUT2D eigenvalue weighted by molar-refractivity contribution is -0.190. The zero-order valence-electron chi connectivity index (χ0n) is 8.89. The molecular formula is C9H10ClF3N2O. The maximum Gasteiger partial charge on any atom is 0.425 e. The predicted octanol–water partition coefficient (Wildman–Crippen LogP) is 3.08. The van der Waals surface area contributed by atoms with Gasteiger partial charge in [0.2, 0.25) is 5.88 Å². The third kappa shape index (κ3) is 2.75. The van der Waals surface area contributed by atoms with E-state index in [1.807, 2.05) is 0 Å². The molecule has 1 heterocycles. The highest BCUT2D eigenvalue weighted by Gasteiger charge is 2.38. The van der Waals surface area contributed by atoms with E-state index in [2.05, 4.69) is 14.9 Å². The summed E-state index contributed by atoms with van der Waals surface area (Å²) in [6.07, 6.45) is -6.36. The molecule has 0 aliphatic carbocycles. The number of nitrogens with zero attached hydrogens (tertiary/aromatic N) is 2. The van der Waals surface area contributed by atoms with Crippen LogP contribution in [0.2, 0.25) is 5.15 Å². The van der Waals surface area contributed by atoms with Gasteiger partial charge in [0.25, 0.3) is 0 Å². The van der Waals surface area contributed by atoms with Gasteiger partial charge in [0.1, 0.15) is 0 Å². The van der Waals surface area contributed by atoms with E-state index in [9.17, 15) is 13.2 Å². The van der Waals surface area contributed by atoms with Gasteiger partial charge >= 0.3 is 6.18 Å². The van der Waals surface area contributed by atoms with E-state index in [0.717, 1.165) is 6.92 Å². The van der Waals surface area contributed by atoms with Gasteiger partial charge in [-0.15, -0.1) is 10.2 Å². The number of halogens is 4. The second-order valence-corrected chi connectivity index (χ2v) is 3.71. The molecular weight excluding hydrogens is 245 g/mol. The van der Waals surface area contributed by atoms with Crippen LogP contribution in [0.5, 0.6) is 5.88 Å². The first-order valence-electron chi connectivity index (χ1n) is 4.46. The third-order valence-electron chi connectivity index (χ3n) is 2.17. The lowest BCUT2D eigenvalue weighted by Crippen LogP contribution is -2.31. The zero-order valence-corrected chi connectivity index (χ0v) is 9.65. The van der Waals surface area contributed by atoms with E-state index in [0.29, 0.717) is 11.1 Å². The summed E-state index contributed by atoms with van der Waals surface area (Å²) in [5.74, 6) is -0.147. The minimum atomic E-state index is -4.43. The van der Waals surface area contributed by atoms with Crippen LogP contribution in [0.15, 0.2) is 0 Å². The Balaban J connectivity index is 2.95. The van der Waals surface area contributed by atoms with Crippen LogP contribution in [0.4, 0.5) is 13.2 Å². The molecule has 0 aliphatic heterocycles. The van der Waals surface area contributed by atoms with Crippen LogP contribution in [0, 0.1) is 13.8 Å². The molecule has 0 aliphatic rings. The fourth-order valence-corrected chi connectivity index (χ4v) is 1.08. The predicted molar refractivity (Wildman–Crippen MR) is 52.7 cm³/mol. The van der Waals surface area contributed by atoms with Crippen molar-refractivity contribution >= 4 is 11.6 Å². The van der Waals surface area contributed by atoms with Crippen LogP contribution in [-0.2, 0) is 0 Å². The average molecular weight is 255 g/mol. The van der Waals surface area contributed by atoms with Gasteiger partial charge in [0.15, 0.2) is 11.3 Å². The van der Waals surface area contributed by atoms with Crippen LogP contribution in [0.1, 0.15) is 18.1 Å². The van der Waals surface area contributed by atoms with Gasteiger partial charge in [-0.2, -0.15) is 13.2 Å². The van der Waals surface area contributed by atoms with Gasteiger partial charge in [-0.1, -0.05) is 11.6 Å². The van der Waals surface area contributed by atoms with Gasteiger partial charge in [0, 0.05) is 5.56 Å². The highest BCUT2D eigenvalue weighted by atomic mass is 35.5. The zero-order chi connectivity index (χ0) is 12.5. The summed E-state index contributed by atoms with van der Waals surface area (Å²) in [5, 5.41) is 7.14. The summed E-state index contributed by atoms with van der Waals surface area (Å²) in [6.45, 7) is 4.12. The molecule has 1 rings (SSSR count). The van der Waals surface area contributed by atoms with Crippen molar-refractivity contribution in [2.45, 2.75) is 33.1 Å². The van der Waals surface area contributed by atoms with Gasteiger partial charge in [-0.25, -0.2) is 0 Å². The molecule has 0 saturated carbocycles. The summed E-state index contributed by atoms with van der Waals surface area (Å²) in [4.78, 5) is 0. The fourth-order valence-electron chi connectivity index (χ4n) is 0.901. The van der Waals surface area contributed by atoms with E-state index < -0.39 is 12.3 Å². The second-order valence-electron chi connectivity index (χ2n) is 3.35. The van der Waals surface area contributed by atoms with Crippen molar-refractivity contribution in [3.05, 3.63) is 16.3 Å². The average Bonchev–Trinajstić information content (AvgIpc) is 2.17. The number of hydrogen-bond donors (Lipinski definition) is 0. The summed E-state index contributed by atoms with van der Waals surface area (Å²) in [5.41, 5.74) is 1.01. The minimum absolute atomic E-state index is 0.147. The molecule has 0 radical (unpaired) electrons. The molecule has 0 bridgehead atoms. The molecule has 0 N–H and O–H groups in total. The van der Waals surface area contributed by atoms with Crippen molar-refractivity contribution in [2.24, 2.45) is 0 Å². The maximum absolute atomic E-state index is 12.2. The molecule has 0 fully saturated rings. The Hall–Kier alpha value is -1.04. The largest absolute Gasteiger partial charge is 0.464 e. The normalized spacial score (nSPS) is 13.7. The van der Waals surface area contributed by atoms with Crippen LogP contribution in [0.25, 0.3) is 0 Å². The van der Waals surface area contributed by atoms with Crippen molar-refractivity contribution in [3.8, 4) is 5.88 Å². The minimum Gasteiger partial charge on any atom is -0.464 e. The quantitative estimate of drug-likeness (QED) is 0.814. The number of hydrogen-bond acceptors (Lipinski definition) is 3. The lowest BCUT2D eigenvalue weighted by Gasteiger charge is -2.18. The van der Waals surface area contributed by atoms with Crippen LogP contribution in [-0.4, -0.2) is 22.5 Å². The summed E-state index contributed by atoms with van der Waals surface area (Å²) in [7, 11) is 0. The first-order chi connectivity index (χ1) is 7.23. The third-order valence-corrected chi connectivity index (χ3v) is 2.53. The smallest absolute Gasteiger partial charge is 0.425 e. The van der Waals surface area contributed by atoms with E-state index in [1.165, 1.54) is 0 Å². The molecule has 1 aromatic rings. The van der Waals surface area contributed by atoms with Gasteiger partial charge < -0.3 is 4.74 Å². The molecule has 0 saturated heterocycles. The van der Waals surface area contributed by atoms with Crippen molar-refractivity contribution in [3.63, 3.8) is 0 Å². The molecule has 7 heteroatoms. The molecule has 1 unspecified atom stereocenters. The van der Waals surface area contributed by atoms with Gasteiger partial charge in [-0.3, -0.25) is 0 Å². The van der Waals surface area contributed by atoms with Crippen LogP contribution < -0.4 is 4.74 Å². The van der Waals surface area contributed by atoms with Crippen LogP contribution >= 0.6 is 11.6 Å². The molecule has 16 heavy (non-hydrogen) atoms. The highest BCUT2D eigenvalue weighted by molar-refractivity contribution is 6.30. The molecule has 0 amide bonds. The number of ether oxygens (including phenoxy) is 1. The van der Waals surface area contributed by atoms with Crippen molar-refractivity contribution in [2.75, 3.05) is 0 Å². The molecule has 0 spiro atoms. The molecule has 1 aromatic heterocycles. The second kappa shape index (κ2) is 4.45. The Morgan fingerprint density at radius 3 is 2.25 bits per heavy atom. The van der Waals surface area contributed by atoms with Gasteiger partial charge in [-0.05, 0) is 26.3 Å². The summed E-state index contributed by atoms with van der Waals surface area (Å²) in [6, 6.07) is 0. The van der Waals surface area contributed by atoms with E-state index in [4.69, 9.17) is 11.6 Å². The Morgan fingerprint density at radius 1 is 1.19 bits per heavy atom. The molecule has 90 valence electrons.